The fourth-order valence-electron chi connectivity index (χ4n) is 4.13. The van der Waals surface area contributed by atoms with Crippen LogP contribution in [-0.2, 0) is 19.4 Å². The summed E-state index contributed by atoms with van der Waals surface area (Å²) >= 11 is 10.6. The van der Waals surface area contributed by atoms with Crippen molar-refractivity contribution in [2.24, 2.45) is 0 Å². The van der Waals surface area contributed by atoms with Crippen molar-refractivity contribution >= 4 is 41.9 Å². The van der Waals surface area contributed by atoms with Gasteiger partial charge in [-0.15, -0.1) is 0 Å². The minimum absolute atomic E-state index is 0.514. The number of hydrogen-bond donors (Lipinski definition) is 0. The SMILES string of the molecule is CCCCc1nc(CCCC)n(Cc2ccc(-n3c(Cl)cc(Cl)c3-c3nnn[n]3[Sn]([CH3])([CH3])[CH3])cc2)n1. The van der Waals surface area contributed by atoms with E-state index < -0.39 is 18.7 Å². The van der Waals surface area contributed by atoms with E-state index in [2.05, 4.69) is 73.1 Å². The number of unbranched alkanes of at least 4 members (excludes halogenated alkanes) is 2. The average Bonchev–Trinajstić information content (AvgIpc) is 3.53. The second-order valence-corrected chi connectivity index (χ2v) is 24.5. The molecule has 0 unspecified atom stereocenters. The predicted octanol–water partition coefficient (Wildman–Crippen LogP) is 6.45. The number of benzene rings is 1. The van der Waals surface area contributed by atoms with Crippen LogP contribution in [0.15, 0.2) is 30.3 Å². The monoisotopic (exact) mass is 636 g/mol. The molecule has 0 bridgehead atoms. The molecule has 0 saturated heterocycles. The van der Waals surface area contributed by atoms with Crippen molar-refractivity contribution in [1.82, 2.24) is 37.8 Å². The van der Waals surface area contributed by atoms with Crippen molar-refractivity contribution < 1.29 is 0 Å². The summed E-state index contributed by atoms with van der Waals surface area (Å²) in [5.41, 5.74) is 2.76. The van der Waals surface area contributed by atoms with Gasteiger partial charge in [-0.1, -0.05) is 26.7 Å². The first-order valence-corrected chi connectivity index (χ1v) is 23.2. The van der Waals surface area contributed by atoms with E-state index in [1.807, 2.05) is 7.47 Å². The summed E-state index contributed by atoms with van der Waals surface area (Å²) in [4.78, 5) is 11.6. The van der Waals surface area contributed by atoms with Crippen LogP contribution in [0.3, 0.4) is 0 Å². The number of rotatable bonds is 11. The Kier molecular flexibility index (Phi) is 8.78. The Morgan fingerprint density at radius 2 is 1.64 bits per heavy atom. The molecule has 0 aliphatic rings. The molecule has 3 heterocycles. The van der Waals surface area contributed by atoms with E-state index in [4.69, 9.17) is 33.3 Å². The molecule has 0 aliphatic heterocycles. The molecular formula is C25H34Cl2N8Sn. The Balaban J connectivity index is 1.64. The summed E-state index contributed by atoms with van der Waals surface area (Å²) in [5.74, 6) is 2.66. The molecule has 8 nitrogen and oxygen atoms in total. The zero-order valence-electron chi connectivity index (χ0n) is 21.7. The van der Waals surface area contributed by atoms with Crippen molar-refractivity contribution in [1.29, 1.82) is 0 Å². The Bertz CT molecular complexity index is 1300. The van der Waals surface area contributed by atoms with Crippen LogP contribution < -0.4 is 0 Å². The van der Waals surface area contributed by atoms with E-state index >= 15 is 0 Å². The van der Waals surface area contributed by atoms with Crippen LogP contribution in [0.4, 0.5) is 0 Å². The molecule has 0 spiro atoms. The normalized spacial score (nSPS) is 12.0. The van der Waals surface area contributed by atoms with Crippen LogP contribution in [-0.4, -0.2) is 56.4 Å². The van der Waals surface area contributed by atoms with Crippen LogP contribution in [0.5, 0.6) is 0 Å². The van der Waals surface area contributed by atoms with Crippen molar-refractivity contribution in [3.8, 4) is 17.2 Å². The van der Waals surface area contributed by atoms with Gasteiger partial charge in [0.15, 0.2) is 0 Å². The van der Waals surface area contributed by atoms with Gasteiger partial charge in [0, 0.05) is 6.42 Å². The van der Waals surface area contributed by atoms with Crippen LogP contribution in [0.2, 0.25) is 25.0 Å². The van der Waals surface area contributed by atoms with E-state index in [1.54, 1.807) is 6.07 Å². The molecule has 1 aromatic carbocycles. The van der Waals surface area contributed by atoms with Gasteiger partial charge >= 0.3 is 182 Å². The van der Waals surface area contributed by atoms with Gasteiger partial charge in [-0.25, -0.2) is 0 Å². The van der Waals surface area contributed by atoms with E-state index in [9.17, 15) is 0 Å². The third-order valence-electron chi connectivity index (χ3n) is 6.05. The Labute approximate surface area is 227 Å². The summed E-state index contributed by atoms with van der Waals surface area (Å²) in [6, 6.07) is 10.1. The van der Waals surface area contributed by atoms with Gasteiger partial charge in [0.25, 0.3) is 0 Å². The first-order chi connectivity index (χ1) is 17.2. The number of tetrazole rings is 1. The van der Waals surface area contributed by atoms with E-state index in [0.29, 0.717) is 28.2 Å². The summed E-state index contributed by atoms with van der Waals surface area (Å²) in [5, 5.41) is 18.4. The number of aromatic nitrogens is 8. The predicted molar refractivity (Wildman–Crippen MR) is 148 cm³/mol. The van der Waals surface area contributed by atoms with Gasteiger partial charge in [-0.2, -0.15) is 0 Å². The molecule has 0 amide bonds. The molecule has 0 N–H and O–H groups in total. The zero-order chi connectivity index (χ0) is 25.9. The van der Waals surface area contributed by atoms with Crippen molar-refractivity contribution in [2.75, 3.05) is 0 Å². The summed E-state index contributed by atoms with van der Waals surface area (Å²) in [6.45, 7) is 5.08. The van der Waals surface area contributed by atoms with Gasteiger partial charge in [-0.3, -0.25) is 0 Å². The van der Waals surface area contributed by atoms with Gasteiger partial charge in [-0.05, 0) is 12.8 Å². The van der Waals surface area contributed by atoms with Gasteiger partial charge in [0.1, 0.15) is 0 Å². The minimum atomic E-state index is -2.66. The molecule has 36 heavy (non-hydrogen) atoms. The Hall–Kier alpha value is -1.91. The Morgan fingerprint density at radius 1 is 0.944 bits per heavy atom. The maximum atomic E-state index is 6.65. The number of halogens is 2. The molecule has 0 radical (unpaired) electrons. The molecule has 0 fully saturated rings. The number of aryl methyl sites for hydroxylation is 2. The summed E-state index contributed by atoms with van der Waals surface area (Å²) in [6.07, 6.45) is 6.36. The fourth-order valence-corrected chi connectivity index (χ4v) is 7.88. The van der Waals surface area contributed by atoms with E-state index in [1.165, 1.54) is 0 Å². The molecule has 4 aromatic rings. The van der Waals surface area contributed by atoms with E-state index in [-0.39, 0.29) is 0 Å². The maximum absolute atomic E-state index is 6.65. The molecule has 0 aliphatic carbocycles. The third kappa shape index (κ3) is 5.97. The average molecular weight is 636 g/mol. The second kappa shape index (κ2) is 11.6. The van der Waals surface area contributed by atoms with Crippen molar-refractivity contribution in [3.05, 3.63) is 57.7 Å². The molecular weight excluding hydrogens is 602 g/mol. The first kappa shape index (κ1) is 27.1. The van der Waals surface area contributed by atoms with Gasteiger partial charge in [0.2, 0.25) is 0 Å². The molecule has 0 atom stereocenters. The number of nitrogens with zero attached hydrogens (tertiary/aromatic N) is 8. The summed E-state index contributed by atoms with van der Waals surface area (Å²) in [7, 11) is 0. The standard InChI is InChI=1S/C22H25Cl2N8.3CH3.Sn/c1-3-5-7-19-25-20(8-6-4-2)31(28-19)14-15-9-11-16(12-10-15)32-18(24)13-17(23)21(32)22-26-29-30-27-22;;;;/h9-13H,3-8,14H2,1-2H3;3*1H3;/q-1;;;;+1. The van der Waals surface area contributed by atoms with Gasteiger partial charge < -0.3 is 0 Å². The quantitative estimate of drug-likeness (QED) is 0.177. The van der Waals surface area contributed by atoms with Crippen molar-refractivity contribution in [3.63, 3.8) is 0 Å². The molecule has 3 aromatic heterocycles. The third-order valence-corrected chi connectivity index (χ3v) is 11.1. The second-order valence-electron chi connectivity index (χ2n) is 10.1. The number of hydrogen-bond acceptors (Lipinski definition) is 5. The Morgan fingerprint density at radius 3 is 2.31 bits per heavy atom. The van der Waals surface area contributed by atoms with Crippen LogP contribution >= 0.6 is 23.2 Å². The van der Waals surface area contributed by atoms with Crippen molar-refractivity contribution in [2.45, 2.75) is 73.7 Å². The molecule has 11 heteroatoms. The fraction of sp³-hybridized carbons (Fsp3) is 0.480. The zero-order valence-corrected chi connectivity index (χ0v) is 26.0. The topological polar surface area (TPSA) is 79.2 Å². The summed E-state index contributed by atoms with van der Waals surface area (Å²) < 4.78 is 5.94. The first-order valence-electron chi connectivity index (χ1n) is 12.6. The van der Waals surface area contributed by atoms with E-state index in [0.717, 1.165) is 61.4 Å². The molecule has 0 saturated carbocycles. The molecule has 192 valence electrons. The van der Waals surface area contributed by atoms with Gasteiger partial charge in [0.05, 0.1) is 0 Å². The van der Waals surface area contributed by atoms with Crippen LogP contribution in [0, 0.1) is 0 Å². The van der Waals surface area contributed by atoms with Crippen LogP contribution in [0.25, 0.3) is 17.2 Å². The van der Waals surface area contributed by atoms with Crippen LogP contribution in [0.1, 0.15) is 56.7 Å². The molecule has 4 rings (SSSR count).